The first kappa shape index (κ1) is 17.7. The predicted octanol–water partition coefficient (Wildman–Crippen LogP) is 3.08. The third-order valence-electron chi connectivity index (χ3n) is 5.19. The molecular weight excluding hydrogens is 312 g/mol. The molecule has 1 saturated heterocycles. The van der Waals surface area contributed by atoms with Crippen LogP contribution in [0.25, 0.3) is 5.69 Å². The number of benzene rings is 1. The van der Waals surface area contributed by atoms with Crippen molar-refractivity contribution in [2.45, 2.75) is 39.2 Å². The fourth-order valence-corrected chi connectivity index (χ4v) is 3.54. The molecule has 1 amide bonds. The number of hydrogen-bond acceptors (Lipinski definition) is 3. The van der Waals surface area contributed by atoms with Gasteiger partial charge >= 0.3 is 0 Å². The zero-order valence-corrected chi connectivity index (χ0v) is 15.1. The summed E-state index contributed by atoms with van der Waals surface area (Å²) in [5.41, 5.74) is 2.13. The number of carbonyl (C=O) groups excluding carboxylic acids is 1. The fraction of sp³-hybridized carbons (Fsp3) is 0.500. The molecule has 0 aliphatic carbocycles. The molecule has 2 N–H and O–H groups in total. The van der Waals surface area contributed by atoms with Crippen LogP contribution in [0.5, 0.6) is 0 Å². The summed E-state index contributed by atoms with van der Waals surface area (Å²) in [7, 11) is 0. The van der Waals surface area contributed by atoms with E-state index in [1.165, 1.54) is 12.8 Å². The van der Waals surface area contributed by atoms with Gasteiger partial charge in [0.1, 0.15) is 0 Å². The Hall–Kier alpha value is -2.14. The standard InChI is InChI=1S/C20H28N4O/c1-15(18-5-3-10-21-14-18)13-20(25)23-16(2)17-6-8-19(9-7-17)24-12-4-11-22-24/h4,6-9,11-12,15-16,18,21H,3,5,10,13-14H2,1-2H3,(H,23,25). The lowest BCUT2D eigenvalue weighted by molar-refractivity contribution is -0.123. The van der Waals surface area contributed by atoms with Crippen LogP contribution in [-0.2, 0) is 4.79 Å². The molecule has 0 bridgehead atoms. The van der Waals surface area contributed by atoms with Gasteiger partial charge in [-0.1, -0.05) is 19.1 Å². The molecular formula is C20H28N4O. The van der Waals surface area contributed by atoms with E-state index in [2.05, 4.69) is 34.8 Å². The van der Waals surface area contributed by atoms with Gasteiger partial charge in [0.2, 0.25) is 5.91 Å². The minimum absolute atomic E-state index is 0.0100. The summed E-state index contributed by atoms with van der Waals surface area (Å²) in [6, 6.07) is 10.1. The van der Waals surface area contributed by atoms with Crippen molar-refractivity contribution in [3.05, 3.63) is 48.3 Å². The van der Waals surface area contributed by atoms with Crippen molar-refractivity contribution in [2.75, 3.05) is 13.1 Å². The van der Waals surface area contributed by atoms with Gasteiger partial charge < -0.3 is 10.6 Å². The number of nitrogens with zero attached hydrogens (tertiary/aromatic N) is 2. The first-order valence-corrected chi connectivity index (χ1v) is 9.23. The first-order valence-electron chi connectivity index (χ1n) is 9.23. The smallest absolute Gasteiger partial charge is 0.220 e. The largest absolute Gasteiger partial charge is 0.350 e. The second-order valence-corrected chi connectivity index (χ2v) is 7.12. The number of amides is 1. The molecule has 3 atom stereocenters. The normalized spacial score (nSPS) is 20.0. The second kappa shape index (κ2) is 8.30. The SMILES string of the molecule is CC(NC(=O)CC(C)C1CCCNC1)c1ccc(-n2cccn2)cc1. The van der Waals surface area contributed by atoms with Gasteiger partial charge in [0.15, 0.2) is 0 Å². The van der Waals surface area contributed by atoms with Gasteiger partial charge in [-0.2, -0.15) is 5.10 Å². The van der Waals surface area contributed by atoms with Crippen LogP contribution in [-0.4, -0.2) is 28.8 Å². The highest BCUT2D eigenvalue weighted by molar-refractivity contribution is 5.76. The van der Waals surface area contributed by atoms with Gasteiger partial charge in [-0.05, 0) is 68.5 Å². The highest BCUT2D eigenvalue weighted by Crippen LogP contribution is 2.23. The van der Waals surface area contributed by atoms with E-state index >= 15 is 0 Å². The van der Waals surface area contributed by atoms with Crippen LogP contribution in [0.3, 0.4) is 0 Å². The van der Waals surface area contributed by atoms with Gasteiger partial charge in [0.05, 0.1) is 11.7 Å². The Kier molecular flexibility index (Phi) is 5.87. The van der Waals surface area contributed by atoms with Gasteiger partial charge in [0, 0.05) is 18.8 Å². The predicted molar refractivity (Wildman–Crippen MR) is 99.5 cm³/mol. The minimum atomic E-state index is 0.0100. The summed E-state index contributed by atoms with van der Waals surface area (Å²) in [6.07, 6.45) is 6.73. The number of carbonyl (C=O) groups is 1. The molecule has 25 heavy (non-hydrogen) atoms. The van der Waals surface area contributed by atoms with E-state index in [1.54, 1.807) is 6.20 Å². The summed E-state index contributed by atoms with van der Waals surface area (Å²) < 4.78 is 1.83. The van der Waals surface area contributed by atoms with E-state index in [0.717, 1.165) is 24.3 Å². The Morgan fingerprint density at radius 2 is 2.16 bits per heavy atom. The van der Waals surface area contributed by atoms with E-state index in [9.17, 15) is 4.79 Å². The maximum Gasteiger partial charge on any atom is 0.220 e. The topological polar surface area (TPSA) is 59.0 Å². The van der Waals surface area contributed by atoms with E-state index in [1.807, 2.05) is 36.0 Å². The number of nitrogens with one attached hydrogen (secondary N) is 2. The lowest BCUT2D eigenvalue weighted by atomic mass is 9.85. The molecule has 0 spiro atoms. The molecule has 1 aliphatic rings. The summed E-state index contributed by atoms with van der Waals surface area (Å²) in [5, 5.41) is 10.8. The molecule has 2 aromatic rings. The molecule has 1 aromatic carbocycles. The van der Waals surface area contributed by atoms with Crippen molar-refractivity contribution in [3.8, 4) is 5.69 Å². The number of piperidine rings is 1. The number of aromatic nitrogens is 2. The van der Waals surface area contributed by atoms with E-state index < -0.39 is 0 Å². The highest BCUT2D eigenvalue weighted by Gasteiger charge is 2.22. The molecule has 1 aliphatic heterocycles. The van der Waals surface area contributed by atoms with Crippen LogP contribution in [0.15, 0.2) is 42.7 Å². The summed E-state index contributed by atoms with van der Waals surface area (Å²) >= 11 is 0. The lowest BCUT2D eigenvalue weighted by Gasteiger charge is -2.28. The average Bonchev–Trinajstić information content (AvgIpc) is 3.17. The Labute approximate surface area is 149 Å². The fourth-order valence-electron chi connectivity index (χ4n) is 3.54. The zero-order valence-electron chi connectivity index (χ0n) is 15.1. The van der Waals surface area contributed by atoms with Crippen molar-refractivity contribution in [3.63, 3.8) is 0 Å². The number of rotatable bonds is 6. The quantitative estimate of drug-likeness (QED) is 0.850. The average molecular weight is 340 g/mol. The van der Waals surface area contributed by atoms with E-state index in [-0.39, 0.29) is 11.9 Å². The van der Waals surface area contributed by atoms with Crippen LogP contribution >= 0.6 is 0 Å². The van der Waals surface area contributed by atoms with Crippen LogP contribution in [0.4, 0.5) is 0 Å². The molecule has 5 heteroatoms. The second-order valence-electron chi connectivity index (χ2n) is 7.12. The van der Waals surface area contributed by atoms with Gasteiger partial charge in [-0.15, -0.1) is 0 Å². The van der Waals surface area contributed by atoms with E-state index in [0.29, 0.717) is 18.3 Å². The van der Waals surface area contributed by atoms with Crippen LogP contribution in [0, 0.1) is 11.8 Å². The Morgan fingerprint density at radius 1 is 1.36 bits per heavy atom. The van der Waals surface area contributed by atoms with Crippen molar-refractivity contribution in [1.82, 2.24) is 20.4 Å². The van der Waals surface area contributed by atoms with Crippen LogP contribution in [0.1, 0.15) is 44.7 Å². The summed E-state index contributed by atoms with van der Waals surface area (Å²) in [4.78, 5) is 12.4. The molecule has 3 rings (SSSR count). The highest BCUT2D eigenvalue weighted by atomic mass is 16.1. The zero-order chi connectivity index (χ0) is 17.6. The van der Waals surface area contributed by atoms with Crippen LogP contribution < -0.4 is 10.6 Å². The monoisotopic (exact) mass is 340 g/mol. The van der Waals surface area contributed by atoms with Gasteiger partial charge in [-0.25, -0.2) is 4.68 Å². The molecule has 0 saturated carbocycles. The van der Waals surface area contributed by atoms with Crippen LogP contribution in [0.2, 0.25) is 0 Å². The molecule has 134 valence electrons. The molecule has 1 fully saturated rings. The maximum absolute atomic E-state index is 12.4. The molecule has 2 heterocycles. The lowest BCUT2D eigenvalue weighted by Crippen LogP contribution is -2.36. The molecule has 1 aromatic heterocycles. The summed E-state index contributed by atoms with van der Waals surface area (Å²) in [5.74, 6) is 1.17. The summed E-state index contributed by atoms with van der Waals surface area (Å²) in [6.45, 7) is 6.38. The van der Waals surface area contributed by atoms with Gasteiger partial charge in [-0.3, -0.25) is 4.79 Å². The minimum Gasteiger partial charge on any atom is -0.350 e. The van der Waals surface area contributed by atoms with E-state index in [4.69, 9.17) is 0 Å². The number of hydrogen-bond donors (Lipinski definition) is 2. The Morgan fingerprint density at radius 3 is 2.80 bits per heavy atom. The Bertz CT molecular complexity index is 660. The van der Waals surface area contributed by atoms with Crippen molar-refractivity contribution >= 4 is 5.91 Å². The van der Waals surface area contributed by atoms with Crippen molar-refractivity contribution in [2.24, 2.45) is 11.8 Å². The van der Waals surface area contributed by atoms with Crippen molar-refractivity contribution < 1.29 is 4.79 Å². The third-order valence-corrected chi connectivity index (χ3v) is 5.19. The first-order chi connectivity index (χ1) is 12.1. The van der Waals surface area contributed by atoms with Crippen molar-refractivity contribution in [1.29, 1.82) is 0 Å². The third kappa shape index (κ3) is 4.69. The maximum atomic E-state index is 12.4. The van der Waals surface area contributed by atoms with Gasteiger partial charge in [0.25, 0.3) is 0 Å². The molecule has 0 radical (unpaired) electrons. The molecule has 5 nitrogen and oxygen atoms in total. The Balaban J connectivity index is 1.52. The molecule has 3 unspecified atom stereocenters.